The monoisotopic (exact) mass is 461 g/mol. The summed E-state index contributed by atoms with van der Waals surface area (Å²) in [6.07, 6.45) is -4.69. The Bertz CT molecular complexity index is 978. The molecule has 0 unspecified atom stereocenters. The lowest BCUT2D eigenvalue weighted by atomic mass is 9.82. The first kappa shape index (κ1) is 22.2. The van der Waals surface area contributed by atoms with E-state index < -0.39 is 6.36 Å². The Balaban J connectivity index is 1.26. The van der Waals surface area contributed by atoms with Crippen LogP contribution in [0.15, 0.2) is 54.6 Å². The molecular weight excluding hydrogens is 435 g/mol. The predicted molar refractivity (Wildman–Crippen MR) is 115 cm³/mol. The highest BCUT2D eigenvalue weighted by atomic mass is 19.4. The Morgan fingerprint density at radius 1 is 1.06 bits per heavy atom. The number of rotatable bonds is 4. The molecule has 1 amide bonds. The average Bonchev–Trinajstić information content (AvgIpc) is 2.78. The maximum Gasteiger partial charge on any atom is 0.573 e. The maximum atomic E-state index is 13.2. The van der Waals surface area contributed by atoms with Gasteiger partial charge in [-0.05, 0) is 29.8 Å². The van der Waals surface area contributed by atoms with Crippen molar-refractivity contribution in [2.45, 2.75) is 24.5 Å². The second-order valence-corrected chi connectivity index (χ2v) is 9.04. The van der Waals surface area contributed by atoms with Crippen molar-refractivity contribution in [2.24, 2.45) is 0 Å². The minimum atomic E-state index is -4.69. The van der Waals surface area contributed by atoms with Crippen LogP contribution in [0.2, 0.25) is 0 Å². The van der Waals surface area contributed by atoms with Gasteiger partial charge in [0.05, 0.1) is 24.8 Å². The zero-order chi connectivity index (χ0) is 23.1. The number of nitrogens with zero attached hydrogens (tertiary/aromatic N) is 3. The van der Waals surface area contributed by atoms with Gasteiger partial charge in [-0.3, -0.25) is 14.6 Å². The Labute approximate surface area is 190 Å². The van der Waals surface area contributed by atoms with E-state index in [1.54, 1.807) is 12.1 Å². The molecule has 1 spiro atoms. The molecule has 33 heavy (non-hydrogen) atoms. The standard InChI is InChI=1S/C24H26F3N3O3/c25-24(26,27)33-21-8-6-18(7-9-21)12-28-15-23(16-28)17-29(13-20-14-32-11-10-30(20)23)22(31)19-4-2-1-3-5-19/h1-9,20H,10-17H2/t20-/m1/s1. The number of morpholine rings is 1. The number of benzene rings is 2. The normalized spacial score (nSPS) is 23.1. The van der Waals surface area contributed by atoms with Crippen molar-refractivity contribution in [2.75, 3.05) is 45.9 Å². The molecule has 3 fully saturated rings. The zero-order valence-electron chi connectivity index (χ0n) is 18.1. The van der Waals surface area contributed by atoms with E-state index in [0.717, 1.165) is 25.2 Å². The molecule has 3 aliphatic heterocycles. The lowest BCUT2D eigenvalue weighted by Gasteiger charge is -2.63. The lowest BCUT2D eigenvalue weighted by molar-refractivity contribution is -0.274. The van der Waals surface area contributed by atoms with Gasteiger partial charge in [-0.15, -0.1) is 13.2 Å². The number of hydrogen-bond acceptors (Lipinski definition) is 5. The fourth-order valence-corrected chi connectivity index (χ4v) is 5.35. The molecule has 0 N–H and O–H groups in total. The van der Waals surface area contributed by atoms with Crippen molar-refractivity contribution in [3.63, 3.8) is 0 Å². The smallest absolute Gasteiger partial charge is 0.406 e. The van der Waals surface area contributed by atoms with Crippen molar-refractivity contribution >= 4 is 5.91 Å². The van der Waals surface area contributed by atoms with Gasteiger partial charge in [-0.25, -0.2) is 0 Å². The van der Waals surface area contributed by atoms with Crippen LogP contribution in [0, 0.1) is 0 Å². The van der Waals surface area contributed by atoms with E-state index in [2.05, 4.69) is 14.5 Å². The van der Waals surface area contributed by atoms with Crippen LogP contribution in [-0.4, -0.2) is 84.5 Å². The highest BCUT2D eigenvalue weighted by molar-refractivity contribution is 5.94. The maximum absolute atomic E-state index is 13.2. The second-order valence-electron chi connectivity index (χ2n) is 9.04. The van der Waals surface area contributed by atoms with Gasteiger partial charge in [-0.1, -0.05) is 30.3 Å². The molecule has 3 heterocycles. The number of halogens is 3. The van der Waals surface area contributed by atoms with Gasteiger partial charge in [0.15, 0.2) is 0 Å². The van der Waals surface area contributed by atoms with Crippen LogP contribution >= 0.6 is 0 Å². The summed E-state index contributed by atoms with van der Waals surface area (Å²) in [5, 5.41) is 0. The van der Waals surface area contributed by atoms with E-state index in [9.17, 15) is 18.0 Å². The number of amides is 1. The van der Waals surface area contributed by atoms with Gasteiger partial charge >= 0.3 is 6.36 Å². The van der Waals surface area contributed by atoms with Crippen LogP contribution in [-0.2, 0) is 11.3 Å². The summed E-state index contributed by atoms with van der Waals surface area (Å²) in [7, 11) is 0. The molecule has 0 radical (unpaired) electrons. The molecule has 1 atom stereocenters. The molecule has 2 aromatic carbocycles. The first-order valence-electron chi connectivity index (χ1n) is 11.1. The number of alkyl halides is 3. The molecule has 3 aliphatic rings. The van der Waals surface area contributed by atoms with E-state index in [1.807, 2.05) is 35.2 Å². The molecule has 0 bridgehead atoms. The minimum Gasteiger partial charge on any atom is -0.406 e. The van der Waals surface area contributed by atoms with Crippen LogP contribution in [0.4, 0.5) is 13.2 Å². The first-order chi connectivity index (χ1) is 15.8. The van der Waals surface area contributed by atoms with E-state index in [1.165, 1.54) is 12.1 Å². The topological polar surface area (TPSA) is 45.2 Å². The summed E-state index contributed by atoms with van der Waals surface area (Å²) in [5.74, 6) is -0.177. The van der Waals surface area contributed by atoms with E-state index >= 15 is 0 Å². The Kier molecular flexibility index (Phi) is 5.80. The number of carbonyl (C=O) groups excluding carboxylic acids is 1. The lowest BCUT2D eigenvalue weighted by Crippen LogP contribution is -2.80. The van der Waals surface area contributed by atoms with Gasteiger partial charge < -0.3 is 14.4 Å². The molecule has 0 saturated carbocycles. The molecule has 5 rings (SSSR count). The van der Waals surface area contributed by atoms with Gasteiger partial charge in [0.1, 0.15) is 5.75 Å². The highest BCUT2D eigenvalue weighted by Gasteiger charge is 2.54. The predicted octanol–water partition coefficient (Wildman–Crippen LogP) is 3.00. The Hall–Kier alpha value is -2.62. The molecule has 9 heteroatoms. The number of carbonyl (C=O) groups is 1. The summed E-state index contributed by atoms with van der Waals surface area (Å²) in [6, 6.07) is 15.5. The first-order valence-corrected chi connectivity index (χ1v) is 11.1. The van der Waals surface area contributed by atoms with Crippen LogP contribution in [0.5, 0.6) is 5.75 Å². The molecule has 176 valence electrons. The molecule has 0 aromatic heterocycles. The highest BCUT2D eigenvalue weighted by Crippen LogP contribution is 2.37. The van der Waals surface area contributed by atoms with Crippen molar-refractivity contribution < 1.29 is 27.4 Å². The summed E-state index contributed by atoms with van der Waals surface area (Å²) in [5.41, 5.74) is 1.48. The Morgan fingerprint density at radius 2 is 1.79 bits per heavy atom. The van der Waals surface area contributed by atoms with Crippen molar-refractivity contribution in [1.82, 2.24) is 14.7 Å². The van der Waals surface area contributed by atoms with Crippen LogP contribution in [0.25, 0.3) is 0 Å². The third kappa shape index (κ3) is 4.71. The van der Waals surface area contributed by atoms with Crippen molar-refractivity contribution in [1.29, 1.82) is 0 Å². The largest absolute Gasteiger partial charge is 0.573 e. The fraction of sp³-hybridized carbons (Fsp3) is 0.458. The number of hydrogen-bond donors (Lipinski definition) is 0. The van der Waals surface area contributed by atoms with Gasteiger partial charge in [0.25, 0.3) is 5.91 Å². The molecule has 6 nitrogen and oxygen atoms in total. The minimum absolute atomic E-state index is 0.0406. The van der Waals surface area contributed by atoms with Crippen molar-refractivity contribution in [3.05, 3.63) is 65.7 Å². The van der Waals surface area contributed by atoms with E-state index in [-0.39, 0.29) is 23.2 Å². The van der Waals surface area contributed by atoms with Crippen LogP contribution in [0.3, 0.4) is 0 Å². The quantitative estimate of drug-likeness (QED) is 0.701. The molecule has 3 saturated heterocycles. The fourth-order valence-electron chi connectivity index (χ4n) is 5.35. The SMILES string of the molecule is O=C(c1ccccc1)N1C[C@@H]2COCCN2C2(CN(Cc3ccc(OC(F)(F)F)cc3)C2)C1. The number of likely N-dealkylation sites (tertiary alicyclic amines) is 1. The molecule has 2 aromatic rings. The third-order valence-electron chi connectivity index (χ3n) is 6.66. The van der Waals surface area contributed by atoms with Crippen LogP contribution in [0.1, 0.15) is 15.9 Å². The van der Waals surface area contributed by atoms with Crippen LogP contribution < -0.4 is 4.74 Å². The third-order valence-corrected chi connectivity index (χ3v) is 6.66. The summed E-state index contributed by atoms with van der Waals surface area (Å²) in [6.45, 7) is 5.67. The average molecular weight is 461 g/mol. The van der Waals surface area contributed by atoms with E-state index in [0.29, 0.717) is 38.4 Å². The molecule has 0 aliphatic carbocycles. The summed E-state index contributed by atoms with van der Waals surface area (Å²) < 4.78 is 46.8. The number of fused-ring (bicyclic) bond motifs is 2. The number of piperazine rings is 1. The molecular formula is C24H26F3N3O3. The van der Waals surface area contributed by atoms with Gasteiger partial charge in [-0.2, -0.15) is 0 Å². The second kappa shape index (κ2) is 8.62. The van der Waals surface area contributed by atoms with E-state index in [4.69, 9.17) is 4.74 Å². The zero-order valence-corrected chi connectivity index (χ0v) is 18.1. The summed E-state index contributed by atoms with van der Waals surface area (Å²) in [4.78, 5) is 19.9. The van der Waals surface area contributed by atoms with Gasteiger partial charge in [0.2, 0.25) is 0 Å². The summed E-state index contributed by atoms with van der Waals surface area (Å²) >= 11 is 0. The van der Waals surface area contributed by atoms with Gasteiger partial charge in [0, 0.05) is 44.8 Å². The Morgan fingerprint density at radius 3 is 2.48 bits per heavy atom. The van der Waals surface area contributed by atoms with Crippen molar-refractivity contribution in [3.8, 4) is 5.75 Å². The number of ether oxygens (including phenoxy) is 2.